The van der Waals surface area contributed by atoms with Gasteiger partial charge in [-0.25, -0.2) is 0 Å². The molecule has 0 aromatic heterocycles. The van der Waals surface area contributed by atoms with E-state index < -0.39 is 11.7 Å². The number of likely N-dealkylation sites (tertiary alicyclic amines) is 1. The third kappa shape index (κ3) is 3.30. The van der Waals surface area contributed by atoms with Crippen molar-refractivity contribution in [1.82, 2.24) is 4.90 Å². The third-order valence-corrected chi connectivity index (χ3v) is 3.44. The molecule has 2 N–H and O–H groups in total. The molecule has 1 heterocycles. The summed E-state index contributed by atoms with van der Waals surface area (Å²) in [5.41, 5.74) is 5.38. The first-order valence-corrected chi connectivity index (χ1v) is 6.49. The van der Waals surface area contributed by atoms with Gasteiger partial charge in [0.15, 0.2) is 0 Å². The molecule has 1 amide bonds. The Kier molecular flexibility index (Phi) is 4.04. The molecular weight excluding hydrogens is 269 g/mol. The molecule has 2 rings (SSSR count). The Hall–Kier alpha value is -1.56. The van der Waals surface area contributed by atoms with E-state index in [-0.39, 0.29) is 17.5 Å². The zero-order chi connectivity index (χ0) is 14.9. The maximum atomic E-state index is 12.5. The summed E-state index contributed by atoms with van der Waals surface area (Å²) in [4.78, 5) is 13.9. The number of carbonyl (C=O) groups is 1. The Bertz CT molecular complexity index is 474. The molecule has 1 aromatic rings. The van der Waals surface area contributed by atoms with E-state index in [1.54, 1.807) is 4.90 Å². The lowest BCUT2D eigenvalue weighted by Crippen LogP contribution is -2.48. The van der Waals surface area contributed by atoms with Crippen LogP contribution in [0.4, 0.5) is 13.2 Å². The molecule has 6 heteroatoms. The summed E-state index contributed by atoms with van der Waals surface area (Å²) in [6.45, 7) is 3.05. The average molecular weight is 286 g/mol. The minimum Gasteiger partial charge on any atom is -0.337 e. The number of hydrogen-bond donors (Lipinski definition) is 1. The van der Waals surface area contributed by atoms with E-state index in [1.807, 2.05) is 6.92 Å². The van der Waals surface area contributed by atoms with Gasteiger partial charge in [-0.05, 0) is 36.6 Å². The standard InChI is InChI=1S/C14H17F3N2O/c1-9-6-12(18)8-19(7-9)13(20)10-2-4-11(5-3-10)14(15,16)17/h2-5,9,12H,6-8,18H2,1H3. The van der Waals surface area contributed by atoms with Crippen LogP contribution in [-0.4, -0.2) is 29.9 Å². The van der Waals surface area contributed by atoms with Crippen LogP contribution >= 0.6 is 0 Å². The van der Waals surface area contributed by atoms with Crippen molar-refractivity contribution in [2.75, 3.05) is 13.1 Å². The number of halogens is 3. The first-order valence-electron chi connectivity index (χ1n) is 6.49. The van der Waals surface area contributed by atoms with Crippen molar-refractivity contribution in [2.24, 2.45) is 11.7 Å². The topological polar surface area (TPSA) is 46.3 Å². The molecule has 0 radical (unpaired) electrons. The molecule has 1 fully saturated rings. The van der Waals surface area contributed by atoms with E-state index in [9.17, 15) is 18.0 Å². The molecule has 1 aromatic carbocycles. The summed E-state index contributed by atoms with van der Waals surface area (Å²) >= 11 is 0. The molecule has 0 bridgehead atoms. The second kappa shape index (κ2) is 5.44. The quantitative estimate of drug-likeness (QED) is 0.862. The SMILES string of the molecule is CC1CC(N)CN(C(=O)c2ccc(C(F)(F)F)cc2)C1. The van der Waals surface area contributed by atoms with Gasteiger partial charge < -0.3 is 10.6 Å². The highest BCUT2D eigenvalue weighted by molar-refractivity contribution is 5.94. The molecule has 0 spiro atoms. The highest BCUT2D eigenvalue weighted by Crippen LogP contribution is 2.29. The zero-order valence-corrected chi connectivity index (χ0v) is 11.2. The van der Waals surface area contributed by atoms with Crippen molar-refractivity contribution in [3.63, 3.8) is 0 Å². The highest BCUT2D eigenvalue weighted by atomic mass is 19.4. The second-order valence-electron chi connectivity index (χ2n) is 5.39. The first kappa shape index (κ1) is 14.8. The summed E-state index contributed by atoms with van der Waals surface area (Å²) in [7, 11) is 0. The van der Waals surface area contributed by atoms with E-state index in [2.05, 4.69) is 0 Å². The summed E-state index contributed by atoms with van der Waals surface area (Å²) in [5, 5.41) is 0. The van der Waals surface area contributed by atoms with Crippen molar-refractivity contribution < 1.29 is 18.0 Å². The summed E-state index contributed by atoms with van der Waals surface area (Å²) in [6.07, 6.45) is -3.53. The van der Waals surface area contributed by atoms with Crippen molar-refractivity contribution >= 4 is 5.91 Å². The van der Waals surface area contributed by atoms with Crippen LogP contribution in [0.2, 0.25) is 0 Å². The van der Waals surface area contributed by atoms with Crippen molar-refractivity contribution in [1.29, 1.82) is 0 Å². The number of amides is 1. The van der Waals surface area contributed by atoms with Gasteiger partial charge >= 0.3 is 6.18 Å². The predicted octanol–water partition coefficient (Wildman–Crippen LogP) is 2.51. The van der Waals surface area contributed by atoms with Gasteiger partial charge in [0.1, 0.15) is 0 Å². The third-order valence-electron chi connectivity index (χ3n) is 3.44. The van der Waals surface area contributed by atoms with Crippen molar-refractivity contribution in [3.8, 4) is 0 Å². The number of nitrogens with two attached hydrogens (primary N) is 1. The van der Waals surface area contributed by atoms with Crippen LogP contribution in [0.25, 0.3) is 0 Å². The molecule has 2 unspecified atom stereocenters. The lowest BCUT2D eigenvalue weighted by atomic mass is 9.96. The molecular formula is C14H17F3N2O. The summed E-state index contributed by atoms with van der Waals surface area (Å²) in [6, 6.07) is 4.23. The van der Waals surface area contributed by atoms with E-state index in [4.69, 9.17) is 5.73 Å². The fraction of sp³-hybridized carbons (Fsp3) is 0.500. The van der Waals surface area contributed by atoms with E-state index in [1.165, 1.54) is 12.1 Å². The van der Waals surface area contributed by atoms with Crippen LogP contribution in [0, 0.1) is 5.92 Å². The average Bonchev–Trinajstić information content (AvgIpc) is 2.36. The van der Waals surface area contributed by atoms with Gasteiger partial charge in [-0.1, -0.05) is 6.92 Å². The monoisotopic (exact) mass is 286 g/mol. The largest absolute Gasteiger partial charge is 0.416 e. The van der Waals surface area contributed by atoms with Crippen molar-refractivity contribution in [3.05, 3.63) is 35.4 Å². The van der Waals surface area contributed by atoms with Gasteiger partial charge in [-0.2, -0.15) is 13.2 Å². The fourth-order valence-electron chi connectivity index (χ4n) is 2.55. The molecule has 3 nitrogen and oxygen atoms in total. The van der Waals surface area contributed by atoms with Crippen LogP contribution in [-0.2, 0) is 6.18 Å². The maximum absolute atomic E-state index is 12.5. The second-order valence-corrected chi connectivity index (χ2v) is 5.39. The lowest BCUT2D eigenvalue weighted by Gasteiger charge is -2.34. The van der Waals surface area contributed by atoms with Gasteiger partial charge in [0.05, 0.1) is 5.56 Å². The molecule has 20 heavy (non-hydrogen) atoms. The van der Waals surface area contributed by atoms with Crippen LogP contribution in [0.1, 0.15) is 29.3 Å². The number of rotatable bonds is 1. The maximum Gasteiger partial charge on any atom is 0.416 e. The Morgan fingerprint density at radius 1 is 1.25 bits per heavy atom. The normalized spacial score (nSPS) is 23.8. The van der Waals surface area contributed by atoms with Crippen molar-refractivity contribution in [2.45, 2.75) is 25.6 Å². The smallest absolute Gasteiger partial charge is 0.337 e. The molecule has 110 valence electrons. The summed E-state index contributed by atoms with van der Waals surface area (Å²) in [5.74, 6) is 0.0397. The van der Waals surface area contributed by atoms with E-state index >= 15 is 0 Å². The van der Waals surface area contributed by atoms with Crippen LogP contribution in [0.15, 0.2) is 24.3 Å². The Morgan fingerprint density at radius 2 is 1.85 bits per heavy atom. The number of hydrogen-bond acceptors (Lipinski definition) is 2. The van der Waals surface area contributed by atoms with E-state index in [0.717, 1.165) is 18.6 Å². The number of carbonyl (C=O) groups excluding carboxylic acids is 1. The van der Waals surface area contributed by atoms with Gasteiger partial charge in [0.2, 0.25) is 0 Å². The van der Waals surface area contributed by atoms with E-state index in [0.29, 0.717) is 19.0 Å². The number of nitrogens with zero attached hydrogens (tertiary/aromatic N) is 1. The summed E-state index contributed by atoms with van der Waals surface area (Å²) < 4.78 is 37.4. The van der Waals surface area contributed by atoms with Gasteiger partial charge in [0.25, 0.3) is 5.91 Å². The first-order chi connectivity index (χ1) is 9.27. The van der Waals surface area contributed by atoms with Crippen LogP contribution in [0.3, 0.4) is 0 Å². The zero-order valence-electron chi connectivity index (χ0n) is 11.2. The number of piperidine rings is 1. The molecule has 1 aliphatic rings. The Labute approximate surface area is 115 Å². The fourth-order valence-corrected chi connectivity index (χ4v) is 2.55. The molecule has 2 atom stereocenters. The van der Waals surface area contributed by atoms with Gasteiger partial charge in [-0.15, -0.1) is 0 Å². The minimum atomic E-state index is -4.39. The predicted molar refractivity (Wildman–Crippen MR) is 69.1 cm³/mol. The minimum absolute atomic E-state index is 0.0721. The Balaban J connectivity index is 2.13. The number of alkyl halides is 3. The molecule has 1 aliphatic heterocycles. The molecule has 0 saturated carbocycles. The number of benzene rings is 1. The lowest BCUT2D eigenvalue weighted by molar-refractivity contribution is -0.137. The van der Waals surface area contributed by atoms with Gasteiger partial charge in [0, 0.05) is 24.7 Å². The Morgan fingerprint density at radius 3 is 2.35 bits per heavy atom. The highest BCUT2D eigenvalue weighted by Gasteiger charge is 2.31. The molecule has 1 saturated heterocycles. The van der Waals surface area contributed by atoms with Crippen LogP contribution < -0.4 is 5.73 Å². The van der Waals surface area contributed by atoms with Gasteiger partial charge in [-0.3, -0.25) is 4.79 Å². The molecule has 0 aliphatic carbocycles. The van der Waals surface area contributed by atoms with Crippen LogP contribution in [0.5, 0.6) is 0 Å².